The van der Waals surface area contributed by atoms with Crippen molar-refractivity contribution in [3.05, 3.63) is 24.2 Å². The number of rotatable bonds is 3. The van der Waals surface area contributed by atoms with E-state index in [2.05, 4.69) is 25.9 Å². The predicted octanol–water partition coefficient (Wildman–Crippen LogP) is 1.49. The van der Waals surface area contributed by atoms with Gasteiger partial charge < -0.3 is 9.88 Å². The van der Waals surface area contributed by atoms with E-state index >= 15 is 0 Å². The van der Waals surface area contributed by atoms with Crippen LogP contribution in [-0.2, 0) is 6.54 Å². The van der Waals surface area contributed by atoms with Crippen molar-refractivity contribution in [2.75, 3.05) is 7.05 Å². The monoisotopic (exact) mass is 202 g/mol. The van der Waals surface area contributed by atoms with Crippen molar-refractivity contribution in [1.29, 1.82) is 0 Å². The maximum Gasteiger partial charge on any atom is 0.160 e. The lowest BCUT2D eigenvalue weighted by Gasteiger charge is -2.01. The summed E-state index contributed by atoms with van der Waals surface area (Å²) in [6, 6.07) is 2.76. The van der Waals surface area contributed by atoms with Crippen LogP contribution in [-0.4, -0.2) is 21.6 Å². The van der Waals surface area contributed by atoms with E-state index in [1.54, 1.807) is 0 Å². The van der Waals surface area contributed by atoms with Gasteiger partial charge in [-0.15, -0.1) is 0 Å². The SMILES string of the molecule is CNCc1cnc2c(c1)ncn2C1CC1. The number of hydrogen-bond acceptors (Lipinski definition) is 3. The van der Waals surface area contributed by atoms with Gasteiger partial charge >= 0.3 is 0 Å². The van der Waals surface area contributed by atoms with Crippen LogP contribution in [0, 0.1) is 0 Å². The van der Waals surface area contributed by atoms with Crippen molar-refractivity contribution in [2.45, 2.75) is 25.4 Å². The molecule has 4 nitrogen and oxygen atoms in total. The highest BCUT2D eigenvalue weighted by molar-refractivity contribution is 5.71. The summed E-state index contributed by atoms with van der Waals surface area (Å²) in [6.07, 6.45) is 6.38. The van der Waals surface area contributed by atoms with Crippen molar-refractivity contribution in [1.82, 2.24) is 19.9 Å². The number of nitrogens with zero attached hydrogens (tertiary/aromatic N) is 3. The third kappa shape index (κ3) is 1.51. The molecule has 0 aromatic carbocycles. The van der Waals surface area contributed by atoms with E-state index in [9.17, 15) is 0 Å². The van der Waals surface area contributed by atoms with Crippen LogP contribution in [0.15, 0.2) is 18.6 Å². The second kappa shape index (κ2) is 3.31. The predicted molar refractivity (Wildman–Crippen MR) is 58.6 cm³/mol. The van der Waals surface area contributed by atoms with E-state index in [1.807, 2.05) is 19.6 Å². The molecule has 15 heavy (non-hydrogen) atoms. The number of hydrogen-bond donors (Lipinski definition) is 1. The average molecular weight is 202 g/mol. The number of fused-ring (bicyclic) bond motifs is 1. The molecule has 1 saturated carbocycles. The molecule has 1 fully saturated rings. The Balaban J connectivity index is 2.05. The standard InChI is InChI=1S/C11H14N4/c1-12-5-8-4-10-11(13-6-8)15(7-14-10)9-2-3-9/h4,6-7,9,12H,2-3,5H2,1H3. The fraction of sp³-hybridized carbons (Fsp3) is 0.455. The Morgan fingerprint density at radius 2 is 2.33 bits per heavy atom. The first-order valence-electron chi connectivity index (χ1n) is 5.34. The molecule has 2 heterocycles. The number of aromatic nitrogens is 3. The van der Waals surface area contributed by atoms with Gasteiger partial charge in [-0.3, -0.25) is 0 Å². The zero-order valence-corrected chi connectivity index (χ0v) is 8.77. The van der Waals surface area contributed by atoms with Gasteiger partial charge in [0, 0.05) is 18.8 Å². The van der Waals surface area contributed by atoms with Gasteiger partial charge in [-0.1, -0.05) is 0 Å². The Bertz CT molecular complexity index is 484. The molecule has 0 aliphatic heterocycles. The molecule has 2 aromatic rings. The lowest BCUT2D eigenvalue weighted by molar-refractivity contribution is 0.756. The first kappa shape index (κ1) is 8.85. The van der Waals surface area contributed by atoms with Gasteiger partial charge in [0.15, 0.2) is 5.65 Å². The van der Waals surface area contributed by atoms with E-state index in [0.717, 1.165) is 17.7 Å². The maximum absolute atomic E-state index is 4.48. The molecule has 2 aromatic heterocycles. The molecule has 4 heteroatoms. The molecule has 3 rings (SSSR count). The third-order valence-electron chi connectivity index (χ3n) is 2.79. The average Bonchev–Trinajstić information content (AvgIpc) is 3.00. The molecule has 0 atom stereocenters. The quantitative estimate of drug-likeness (QED) is 0.820. The minimum atomic E-state index is 0.651. The number of nitrogens with one attached hydrogen (secondary N) is 1. The molecule has 0 bridgehead atoms. The van der Waals surface area contributed by atoms with Gasteiger partial charge in [-0.25, -0.2) is 9.97 Å². The summed E-state index contributed by atoms with van der Waals surface area (Å²) in [5.74, 6) is 0. The minimum Gasteiger partial charge on any atom is -0.316 e. The molecule has 1 aliphatic carbocycles. The lowest BCUT2D eigenvalue weighted by atomic mass is 10.2. The second-order valence-corrected chi connectivity index (χ2v) is 4.10. The van der Waals surface area contributed by atoms with Crippen molar-refractivity contribution in [3.63, 3.8) is 0 Å². The van der Waals surface area contributed by atoms with Crippen LogP contribution in [0.2, 0.25) is 0 Å². The van der Waals surface area contributed by atoms with Crippen molar-refractivity contribution < 1.29 is 0 Å². The Morgan fingerprint density at radius 3 is 3.07 bits per heavy atom. The summed E-state index contributed by atoms with van der Waals surface area (Å²) < 4.78 is 2.19. The van der Waals surface area contributed by atoms with Crippen molar-refractivity contribution >= 4 is 11.2 Å². The van der Waals surface area contributed by atoms with E-state index in [1.165, 1.54) is 18.4 Å². The Morgan fingerprint density at radius 1 is 1.47 bits per heavy atom. The third-order valence-corrected chi connectivity index (χ3v) is 2.79. The molecular weight excluding hydrogens is 188 g/mol. The highest BCUT2D eigenvalue weighted by Crippen LogP contribution is 2.36. The van der Waals surface area contributed by atoms with Crippen molar-refractivity contribution in [3.8, 4) is 0 Å². The van der Waals surface area contributed by atoms with Crippen LogP contribution in [0.5, 0.6) is 0 Å². The van der Waals surface area contributed by atoms with Gasteiger partial charge in [0.25, 0.3) is 0 Å². The highest BCUT2D eigenvalue weighted by Gasteiger charge is 2.25. The fourth-order valence-corrected chi connectivity index (χ4v) is 1.88. The zero-order valence-electron chi connectivity index (χ0n) is 8.77. The van der Waals surface area contributed by atoms with Crippen LogP contribution >= 0.6 is 0 Å². The second-order valence-electron chi connectivity index (χ2n) is 4.10. The van der Waals surface area contributed by atoms with E-state index in [4.69, 9.17) is 0 Å². The highest BCUT2D eigenvalue weighted by atomic mass is 15.1. The first-order chi connectivity index (χ1) is 7.38. The van der Waals surface area contributed by atoms with E-state index in [-0.39, 0.29) is 0 Å². The molecule has 1 N–H and O–H groups in total. The molecule has 0 spiro atoms. The summed E-state index contributed by atoms with van der Waals surface area (Å²) in [5, 5.41) is 3.12. The summed E-state index contributed by atoms with van der Waals surface area (Å²) in [7, 11) is 1.94. The van der Waals surface area contributed by atoms with Gasteiger partial charge in [-0.2, -0.15) is 0 Å². The van der Waals surface area contributed by atoms with E-state index < -0.39 is 0 Å². The van der Waals surface area contributed by atoms with Gasteiger partial charge in [0.05, 0.1) is 6.33 Å². The van der Waals surface area contributed by atoms with Crippen molar-refractivity contribution in [2.24, 2.45) is 0 Å². The molecular formula is C11H14N4. The summed E-state index contributed by atoms with van der Waals surface area (Å²) in [6.45, 7) is 0.846. The molecule has 78 valence electrons. The van der Waals surface area contributed by atoms with Crippen LogP contribution < -0.4 is 5.32 Å². The van der Waals surface area contributed by atoms with Gasteiger partial charge in [-0.05, 0) is 31.5 Å². The van der Waals surface area contributed by atoms with Crippen LogP contribution in [0.1, 0.15) is 24.4 Å². The molecule has 0 amide bonds. The zero-order chi connectivity index (χ0) is 10.3. The minimum absolute atomic E-state index is 0.651. The molecule has 0 saturated heterocycles. The molecule has 1 aliphatic rings. The Hall–Kier alpha value is -1.42. The fourth-order valence-electron chi connectivity index (χ4n) is 1.88. The van der Waals surface area contributed by atoms with E-state index in [0.29, 0.717) is 6.04 Å². The number of imidazole rings is 1. The normalized spacial score (nSPS) is 16.1. The van der Waals surface area contributed by atoms with Crippen LogP contribution in [0.25, 0.3) is 11.2 Å². The lowest BCUT2D eigenvalue weighted by Crippen LogP contribution is -2.05. The van der Waals surface area contributed by atoms with Crippen LogP contribution in [0.3, 0.4) is 0 Å². The smallest absolute Gasteiger partial charge is 0.160 e. The van der Waals surface area contributed by atoms with Crippen LogP contribution in [0.4, 0.5) is 0 Å². The van der Waals surface area contributed by atoms with Gasteiger partial charge in [0.1, 0.15) is 5.52 Å². The first-order valence-corrected chi connectivity index (χ1v) is 5.34. The Labute approximate surface area is 88.3 Å². The maximum atomic E-state index is 4.48. The molecule has 0 radical (unpaired) electrons. The summed E-state index contributed by atoms with van der Waals surface area (Å²) >= 11 is 0. The van der Waals surface area contributed by atoms with Gasteiger partial charge in [0.2, 0.25) is 0 Å². The molecule has 0 unspecified atom stereocenters. The summed E-state index contributed by atoms with van der Waals surface area (Å²) in [5.41, 5.74) is 3.22. The largest absolute Gasteiger partial charge is 0.316 e. The topological polar surface area (TPSA) is 42.7 Å². The number of pyridine rings is 1. The summed E-state index contributed by atoms with van der Waals surface area (Å²) in [4.78, 5) is 8.88. The Kier molecular flexibility index (Phi) is 1.95.